The summed E-state index contributed by atoms with van der Waals surface area (Å²) >= 11 is 1.75. The monoisotopic (exact) mass is 210 g/mol. The van der Waals surface area contributed by atoms with Gasteiger partial charge in [-0.2, -0.15) is 0 Å². The quantitative estimate of drug-likeness (QED) is 0.826. The third kappa shape index (κ3) is 2.47. The lowest BCUT2D eigenvalue weighted by atomic mass is 9.96. The van der Waals surface area contributed by atoms with Crippen molar-refractivity contribution in [2.24, 2.45) is 0 Å². The van der Waals surface area contributed by atoms with Crippen LogP contribution < -0.4 is 5.32 Å². The van der Waals surface area contributed by atoms with Crippen molar-refractivity contribution < 1.29 is 0 Å². The molecule has 1 heterocycles. The maximum absolute atomic E-state index is 4.53. The molecule has 1 aromatic heterocycles. The highest BCUT2D eigenvalue weighted by molar-refractivity contribution is 7.13. The first-order valence-corrected chi connectivity index (χ1v) is 6.47. The Morgan fingerprint density at radius 1 is 1.43 bits per heavy atom. The lowest BCUT2D eigenvalue weighted by Gasteiger charge is -2.22. The molecule has 1 fully saturated rings. The molecule has 78 valence electrons. The van der Waals surface area contributed by atoms with E-state index in [0.29, 0.717) is 6.04 Å². The standard InChI is InChI=1S/C11H18N2S/c1-2-9-8-14-11(12-9)13-10-6-4-3-5-7-10/h8,10H,2-7H2,1H3,(H,12,13). The average Bonchev–Trinajstić information content (AvgIpc) is 2.67. The molecule has 0 spiro atoms. The fourth-order valence-electron chi connectivity index (χ4n) is 1.96. The minimum atomic E-state index is 0.680. The van der Waals surface area contributed by atoms with E-state index in [2.05, 4.69) is 22.6 Å². The van der Waals surface area contributed by atoms with Crippen molar-refractivity contribution in [1.29, 1.82) is 0 Å². The number of hydrogen-bond donors (Lipinski definition) is 1. The van der Waals surface area contributed by atoms with E-state index < -0.39 is 0 Å². The first-order chi connectivity index (χ1) is 6.88. The molecule has 1 N–H and O–H groups in total. The summed E-state index contributed by atoms with van der Waals surface area (Å²) in [6.45, 7) is 2.15. The van der Waals surface area contributed by atoms with Crippen LogP contribution in [-0.4, -0.2) is 11.0 Å². The molecule has 1 aliphatic rings. The van der Waals surface area contributed by atoms with Crippen LogP contribution in [0.1, 0.15) is 44.7 Å². The summed E-state index contributed by atoms with van der Waals surface area (Å²) in [7, 11) is 0. The predicted octanol–water partition coefficient (Wildman–Crippen LogP) is 3.45. The minimum absolute atomic E-state index is 0.680. The van der Waals surface area contributed by atoms with Gasteiger partial charge in [0.2, 0.25) is 0 Å². The van der Waals surface area contributed by atoms with Crippen LogP contribution in [0, 0.1) is 0 Å². The molecule has 1 aromatic rings. The van der Waals surface area contributed by atoms with Crippen LogP contribution in [0.4, 0.5) is 5.13 Å². The summed E-state index contributed by atoms with van der Waals surface area (Å²) in [5.41, 5.74) is 1.22. The van der Waals surface area contributed by atoms with Crippen LogP contribution in [0.2, 0.25) is 0 Å². The Morgan fingerprint density at radius 2 is 2.21 bits per heavy atom. The van der Waals surface area contributed by atoms with Gasteiger partial charge in [0.15, 0.2) is 5.13 Å². The molecule has 0 radical (unpaired) electrons. The molecule has 0 aromatic carbocycles. The van der Waals surface area contributed by atoms with Crippen molar-refractivity contribution in [1.82, 2.24) is 4.98 Å². The molecule has 1 saturated carbocycles. The third-order valence-electron chi connectivity index (χ3n) is 2.85. The lowest BCUT2D eigenvalue weighted by molar-refractivity contribution is 0.462. The molecule has 3 heteroatoms. The average molecular weight is 210 g/mol. The Balaban J connectivity index is 1.89. The van der Waals surface area contributed by atoms with Gasteiger partial charge in [-0.1, -0.05) is 26.2 Å². The number of aromatic nitrogens is 1. The topological polar surface area (TPSA) is 24.9 Å². The number of aryl methyl sites for hydroxylation is 1. The second-order valence-electron chi connectivity index (χ2n) is 3.98. The zero-order valence-electron chi connectivity index (χ0n) is 8.75. The summed E-state index contributed by atoms with van der Waals surface area (Å²) in [6, 6.07) is 0.680. The van der Waals surface area contributed by atoms with Gasteiger partial charge in [-0.3, -0.25) is 0 Å². The normalized spacial score (nSPS) is 18.4. The molecule has 0 saturated heterocycles. The molecule has 0 unspecified atom stereocenters. The van der Waals surface area contributed by atoms with E-state index in [1.807, 2.05) is 0 Å². The van der Waals surface area contributed by atoms with Crippen LogP contribution in [0.3, 0.4) is 0 Å². The fraction of sp³-hybridized carbons (Fsp3) is 0.727. The van der Waals surface area contributed by atoms with E-state index in [1.165, 1.54) is 37.8 Å². The predicted molar refractivity (Wildman–Crippen MR) is 62.0 cm³/mol. The van der Waals surface area contributed by atoms with Crippen molar-refractivity contribution in [3.05, 3.63) is 11.1 Å². The Labute approximate surface area is 89.8 Å². The maximum atomic E-state index is 4.53. The number of nitrogens with one attached hydrogen (secondary N) is 1. The highest BCUT2D eigenvalue weighted by Crippen LogP contribution is 2.23. The van der Waals surface area contributed by atoms with Gasteiger partial charge in [-0.25, -0.2) is 4.98 Å². The van der Waals surface area contributed by atoms with Gasteiger partial charge < -0.3 is 5.32 Å². The number of hydrogen-bond acceptors (Lipinski definition) is 3. The largest absolute Gasteiger partial charge is 0.359 e. The van der Waals surface area contributed by atoms with Crippen molar-refractivity contribution in [2.75, 3.05) is 5.32 Å². The van der Waals surface area contributed by atoms with Gasteiger partial charge >= 0.3 is 0 Å². The van der Waals surface area contributed by atoms with E-state index in [9.17, 15) is 0 Å². The van der Waals surface area contributed by atoms with Crippen LogP contribution in [0.5, 0.6) is 0 Å². The Hall–Kier alpha value is -0.570. The van der Waals surface area contributed by atoms with E-state index in [4.69, 9.17) is 0 Å². The first-order valence-electron chi connectivity index (χ1n) is 5.59. The first kappa shape index (κ1) is 9.97. The molecule has 14 heavy (non-hydrogen) atoms. The van der Waals surface area contributed by atoms with Gasteiger partial charge in [0, 0.05) is 11.4 Å². The molecule has 2 nitrogen and oxygen atoms in total. The number of rotatable bonds is 3. The SMILES string of the molecule is CCc1csc(NC2CCCCC2)n1. The van der Waals surface area contributed by atoms with Crippen molar-refractivity contribution in [3.63, 3.8) is 0 Å². The van der Waals surface area contributed by atoms with E-state index in [1.54, 1.807) is 11.3 Å². The summed E-state index contributed by atoms with van der Waals surface area (Å²) < 4.78 is 0. The zero-order valence-corrected chi connectivity index (χ0v) is 9.57. The zero-order chi connectivity index (χ0) is 9.80. The summed E-state index contributed by atoms with van der Waals surface area (Å²) in [5, 5.41) is 6.82. The van der Waals surface area contributed by atoms with Gasteiger partial charge in [0.25, 0.3) is 0 Å². The second kappa shape index (κ2) is 4.78. The lowest BCUT2D eigenvalue weighted by Crippen LogP contribution is -2.22. The van der Waals surface area contributed by atoms with Crippen molar-refractivity contribution in [2.45, 2.75) is 51.5 Å². The van der Waals surface area contributed by atoms with E-state index >= 15 is 0 Å². The van der Waals surface area contributed by atoms with Gasteiger partial charge in [-0.05, 0) is 19.3 Å². The molecular weight excluding hydrogens is 192 g/mol. The molecule has 0 atom stereocenters. The fourth-order valence-corrected chi connectivity index (χ4v) is 2.83. The molecular formula is C11H18N2S. The van der Waals surface area contributed by atoms with E-state index in [0.717, 1.165) is 11.6 Å². The minimum Gasteiger partial charge on any atom is -0.359 e. The smallest absolute Gasteiger partial charge is 0.183 e. The van der Waals surface area contributed by atoms with Crippen LogP contribution >= 0.6 is 11.3 Å². The Bertz CT molecular complexity index is 277. The Morgan fingerprint density at radius 3 is 2.86 bits per heavy atom. The number of thiazole rings is 1. The van der Waals surface area contributed by atoms with Crippen molar-refractivity contribution in [3.8, 4) is 0 Å². The van der Waals surface area contributed by atoms with Crippen molar-refractivity contribution >= 4 is 16.5 Å². The summed E-state index contributed by atoms with van der Waals surface area (Å²) in [5.74, 6) is 0. The molecule has 1 aliphatic carbocycles. The Kier molecular flexibility index (Phi) is 3.40. The maximum Gasteiger partial charge on any atom is 0.183 e. The summed E-state index contributed by atoms with van der Waals surface area (Å²) in [6.07, 6.45) is 7.86. The van der Waals surface area contributed by atoms with Crippen LogP contribution in [0.25, 0.3) is 0 Å². The van der Waals surface area contributed by atoms with Gasteiger partial charge in [0.05, 0.1) is 5.69 Å². The molecule has 0 bridgehead atoms. The second-order valence-corrected chi connectivity index (χ2v) is 4.83. The van der Waals surface area contributed by atoms with Crippen LogP contribution in [-0.2, 0) is 6.42 Å². The summed E-state index contributed by atoms with van der Waals surface area (Å²) in [4.78, 5) is 4.53. The van der Waals surface area contributed by atoms with Crippen LogP contribution in [0.15, 0.2) is 5.38 Å². The number of nitrogens with zero attached hydrogens (tertiary/aromatic N) is 1. The number of anilines is 1. The molecule has 0 amide bonds. The highest BCUT2D eigenvalue weighted by Gasteiger charge is 2.13. The van der Waals surface area contributed by atoms with E-state index in [-0.39, 0.29) is 0 Å². The molecule has 0 aliphatic heterocycles. The third-order valence-corrected chi connectivity index (χ3v) is 3.67. The van der Waals surface area contributed by atoms with Gasteiger partial charge in [-0.15, -0.1) is 11.3 Å². The molecule has 2 rings (SSSR count). The van der Waals surface area contributed by atoms with Gasteiger partial charge in [0.1, 0.15) is 0 Å². The highest BCUT2D eigenvalue weighted by atomic mass is 32.1.